The van der Waals surface area contributed by atoms with Gasteiger partial charge in [0.1, 0.15) is 0 Å². The van der Waals surface area contributed by atoms with Crippen LogP contribution in [0.4, 0.5) is 13.2 Å². The average Bonchev–Trinajstić information content (AvgIpc) is 3.24. The predicted octanol–water partition coefficient (Wildman–Crippen LogP) is 2.34. The van der Waals surface area contributed by atoms with Crippen LogP contribution in [0.2, 0.25) is 0 Å². The number of carbonyl (C=O) groups is 1. The first-order valence-corrected chi connectivity index (χ1v) is 7.55. The molecule has 1 fully saturated rings. The molecule has 0 unspecified atom stereocenters. The molecule has 0 aliphatic heterocycles. The normalized spacial score (nSPS) is 16.2. The first-order valence-electron chi connectivity index (χ1n) is 7.55. The van der Waals surface area contributed by atoms with E-state index in [0.717, 1.165) is 18.9 Å². The van der Waals surface area contributed by atoms with Crippen LogP contribution in [0.3, 0.4) is 0 Å². The van der Waals surface area contributed by atoms with Gasteiger partial charge < -0.3 is 10.1 Å². The molecule has 2 heterocycles. The zero-order valence-electron chi connectivity index (χ0n) is 13.4. The molecule has 0 spiro atoms. The zero-order chi connectivity index (χ0) is 17.6. The highest BCUT2D eigenvalue weighted by Gasteiger charge is 2.36. The number of amides is 1. The topological polar surface area (TPSA) is 69.0 Å². The van der Waals surface area contributed by atoms with Crippen LogP contribution in [-0.4, -0.2) is 32.8 Å². The minimum absolute atomic E-state index is 0.0622. The number of carbonyl (C=O) groups excluding carboxylic acids is 1. The number of nitrogens with one attached hydrogen (secondary N) is 1. The number of halogens is 3. The molecule has 24 heavy (non-hydrogen) atoms. The summed E-state index contributed by atoms with van der Waals surface area (Å²) >= 11 is 0. The zero-order valence-corrected chi connectivity index (χ0v) is 13.4. The molecule has 2 aromatic rings. The Labute approximate surface area is 136 Å². The van der Waals surface area contributed by atoms with Gasteiger partial charge in [-0.05, 0) is 26.7 Å². The lowest BCUT2D eigenvalue weighted by Gasteiger charge is -2.16. The fourth-order valence-corrected chi connectivity index (χ4v) is 2.49. The highest BCUT2D eigenvalue weighted by Crippen LogP contribution is 2.37. The largest absolute Gasteiger partial charge is 0.464 e. The molecule has 0 aromatic carbocycles. The summed E-state index contributed by atoms with van der Waals surface area (Å²) < 4.78 is 46.7. The number of aromatic nitrogens is 3. The number of ether oxygens (including phenoxy) is 1. The van der Waals surface area contributed by atoms with Crippen molar-refractivity contribution in [3.63, 3.8) is 0 Å². The Morgan fingerprint density at radius 3 is 2.71 bits per heavy atom. The molecule has 0 bridgehead atoms. The third kappa shape index (κ3) is 3.15. The molecule has 1 atom stereocenters. The Kier molecular flexibility index (Phi) is 3.89. The number of alkyl halides is 3. The molecular formula is C15H17F3N4O2. The van der Waals surface area contributed by atoms with Crippen LogP contribution in [0, 0.1) is 6.92 Å². The van der Waals surface area contributed by atoms with E-state index in [1.54, 1.807) is 0 Å². The van der Waals surface area contributed by atoms with Crippen molar-refractivity contribution in [1.82, 2.24) is 20.1 Å². The fraction of sp³-hybridized carbons (Fsp3) is 0.533. The second-order valence-corrected chi connectivity index (χ2v) is 5.96. The summed E-state index contributed by atoms with van der Waals surface area (Å²) in [5, 5.41) is 6.66. The second-order valence-electron chi connectivity index (χ2n) is 5.96. The van der Waals surface area contributed by atoms with E-state index >= 15 is 0 Å². The van der Waals surface area contributed by atoms with Crippen molar-refractivity contribution in [2.75, 3.05) is 0 Å². The second kappa shape index (κ2) is 5.64. The lowest BCUT2D eigenvalue weighted by molar-refractivity contribution is -0.136. The quantitative estimate of drug-likeness (QED) is 0.926. The van der Waals surface area contributed by atoms with E-state index in [2.05, 4.69) is 15.4 Å². The lowest BCUT2D eigenvalue weighted by atomic mass is 10.1. The Bertz CT molecular complexity index is 796. The molecule has 2 aromatic heterocycles. The van der Waals surface area contributed by atoms with Gasteiger partial charge in [0.15, 0.2) is 11.8 Å². The van der Waals surface area contributed by atoms with Gasteiger partial charge >= 0.3 is 6.18 Å². The number of pyridine rings is 1. The van der Waals surface area contributed by atoms with E-state index in [9.17, 15) is 18.0 Å². The van der Waals surface area contributed by atoms with Gasteiger partial charge in [-0.3, -0.25) is 9.48 Å². The van der Waals surface area contributed by atoms with E-state index in [1.165, 1.54) is 25.6 Å². The molecule has 1 N–H and O–H groups in total. The number of hydrogen-bond donors (Lipinski definition) is 1. The first-order chi connectivity index (χ1) is 11.2. The maximum absolute atomic E-state index is 13.4. The van der Waals surface area contributed by atoms with Crippen molar-refractivity contribution in [2.45, 2.75) is 45.0 Å². The maximum atomic E-state index is 13.4. The number of hydrogen-bond acceptors (Lipinski definition) is 4. The molecule has 0 radical (unpaired) electrons. The summed E-state index contributed by atoms with van der Waals surface area (Å²) in [6.45, 7) is 2.97. The fourth-order valence-electron chi connectivity index (χ4n) is 2.49. The Morgan fingerprint density at radius 2 is 2.12 bits per heavy atom. The van der Waals surface area contributed by atoms with Crippen LogP contribution in [0.15, 0.2) is 6.07 Å². The van der Waals surface area contributed by atoms with Gasteiger partial charge in [0.25, 0.3) is 5.91 Å². The average molecular weight is 342 g/mol. The Morgan fingerprint density at radius 1 is 1.46 bits per heavy atom. The summed E-state index contributed by atoms with van der Waals surface area (Å²) in [5.41, 5.74) is -0.576. The molecule has 1 aliphatic carbocycles. The van der Waals surface area contributed by atoms with Gasteiger partial charge in [-0.2, -0.15) is 23.3 Å². The van der Waals surface area contributed by atoms with E-state index in [0.29, 0.717) is 0 Å². The molecule has 3 rings (SSSR count). The smallest absolute Gasteiger partial charge is 0.417 e. The van der Waals surface area contributed by atoms with Crippen LogP contribution in [0.1, 0.15) is 31.0 Å². The van der Waals surface area contributed by atoms with Crippen LogP contribution >= 0.6 is 0 Å². The van der Waals surface area contributed by atoms with Crippen molar-refractivity contribution < 1.29 is 22.7 Å². The highest BCUT2D eigenvalue weighted by molar-refractivity contribution is 5.84. The van der Waals surface area contributed by atoms with E-state index in [4.69, 9.17) is 4.74 Å². The molecule has 6 nitrogen and oxygen atoms in total. The third-order valence-electron chi connectivity index (χ3n) is 3.84. The van der Waals surface area contributed by atoms with Gasteiger partial charge in [0.2, 0.25) is 5.88 Å². The summed E-state index contributed by atoms with van der Waals surface area (Å²) in [6, 6.07) is 0.960. The standard InChI is InChI=1S/C15H17F3N4O2/c1-7-12-10(15(16,17)18)6-11(20-13(12)22(3)21-7)24-8(2)14(23)19-9-4-5-9/h6,8-9H,4-5H2,1-3H3,(H,19,23)/t8-/m1/s1. The minimum Gasteiger partial charge on any atom is -0.464 e. The monoisotopic (exact) mass is 342 g/mol. The van der Waals surface area contributed by atoms with Crippen LogP contribution in [0.25, 0.3) is 11.0 Å². The number of aryl methyl sites for hydroxylation is 2. The van der Waals surface area contributed by atoms with Crippen LogP contribution < -0.4 is 10.1 Å². The van der Waals surface area contributed by atoms with Crippen molar-refractivity contribution in [1.29, 1.82) is 0 Å². The van der Waals surface area contributed by atoms with Gasteiger partial charge in [0.05, 0.1) is 16.6 Å². The van der Waals surface area contributed by atoms with Crippen LogP contribution in [0.5, 0.6) is 5.88 Å². The van der Waals surface area contributed by atoms with Gasteiger partial charge in [0, 0.05) is 19.2 Å². The third-order valence-corrected chi connectivity index (χ3v) is 3.84. The van der Waals surface area contributed by atoms with E-state index < -0.39 is 17.8 Å². The minimum atomic E-state index is -4.58. The molecule has 1 aliphatic rings. The van der Waals surface area contributed by atoms with Crippen molar-refractivity contribution in [3.05, 3.63) is 17.3 Å². The summed E-state index contributed by atoms with van der Waals surface area (Å²) in [5.74, 6) is -0.620. The Balaban J connectivity index is 1.96. The first kappa shape index (κ1) is 16.5. The van der Waals surface area contributed by atoms with Crippen molar-refractivity contribution in [2.24, 2.45) is 7.05 Å². The summed E-state index contributed by atoms with van der Waals surface area (Å²) in [7, 11) is 1.51. The molecular weight excluding hydrogens is 325 g/mol. The van der Waals surface area contributed by atoms with Crippen LogP contribution in [-0.2, 0) is 18.0 Å². The predicted molar refractivity (Wildman–Crippen MR) is 79.5 cm³/mol. The van der Waals surface area contributed by atoms with Gasteiger partial charge in [-0.1, -0.05) is 0 Å². The molecule has 0 saturated heterocycles. The SMILES string of the molecule is Cc1nn(C)c2nc(O[C@H](C)C(=O)NC3CC3)cc(C(F)(F)F)c12. The maximum Gasteiger partial charge on any atom is 0.417 e. The van der Waals surface area contributed by atoms with Crippen molar-refractivity contribution in [3.8, 4) is 5.88 Å². The number of rotatable bonds is 4. The number of nitrogens with zero attached hydrogens (tertiary/aromatic N) is 3. The molecule has 1 amide bonds. The number of fused-ring (bicyclic) bond motifs is 1. The van der Waals surface area contributed by atoms with E-state index in [1.807, 2.05) is 0 Å². The Hall–Kier alpha value is -2.32. The van der Waals surface area contributed by atoms with E-state index in [-0.39, 0.29) is 34.6 Å². The van der Waals surface area contributed by atoms with Gasteiger partial charge in [-0.15, -0.1) is 0 Å². The van der Waals surface area contributed by atoms with Gasteiger partial charge in [-0.25, -0.2) is 0 Å². The molecule has 1 saturated carbocycles. The summed E-state index contributed by atoms with van der Waals surface area (Å²) in [6.07, 6.45) is -3.69. The summed E-state index contributed by atoms with van der Waals surface area (Å²) in [4.78, 5) is 16.0. The lowest BCUT2D eigenvalue weighted by Crippen LogP contribution is -2.37. The molecule has 9 heteroatoms. The highest BCUT2D eigenvalue weighted by atomic mass is 19.4. The molecule has 130 valence electrons. The van der Waals surface area contributed by atoms with Crippen molar-refractivity contribution >= 4 is 16.9 Å².